The van der Waals surface area contributed by atoms with Crippen molar-refractivity contribution in [1.29, 1.82) is 0 Å². The molecule has 0 amide bonds. The maximum absolute atomic E-state index is 13.2. The van der Waals surface area contributed by atoms with Gasteiger partial charge in [-0.05, 0) is 31.9 Å². The van der Waals surface area contributed by atoms with E-state index in [1.165, 1.54) is 25.0 Å². The van der Waals surface area contributed by atoms with Gasteiger partial charge in [-0.2, -0.15) is 0 Å². The molecule has 2 rings (SSSR count). The second-order valence-corrected chi connectivity index (χ2v) is 4.19. The van der Waals surface area contributed by atoms with Crippen molar-refractivity contribution in [2.24, 2.45) is 0 Å². The molecular formula is C12H15F2NO. The molecule has 4 heteroatoms. The van der Waals surface area contributed by atoms with Crippen LogP contribution in [0, 0.1) is 11.6 Å². The molecule has 1 N–H and O–H groups in total. The highest BCUT2D eigenvalue weighted by Crippen LogP contribution is 2.20. The van der Waals surface area contributed by atoms with Gasteiger partial charge in [-0.1, -0.05) is 0 Å². The predicted octanol–water partition coefficient (Wildman–Crippen LogP) is 2.48. The number of halogens is 2. The van der Waals surface area contributed by atoms with Gasteiger partial charge in [-0.25, -0.2) is 8.78 Å². The van der Waals surface area contributed by atoms with Crippen molar-refractivity contribution in [2.45, 2.75) is 31.9 Å². The molecular weight excluding hydrogens is 212 g/mol. The van der Waals surface area contributed by atoms with Crippen LogP contribution in [0.2, 0.25) is 0 Å². The molecule has 1 aliphatic rings. The van der Waals surface area contributed by atoms with Crippen LogP contribution in [0.25, 0.3) is 0 Å². The fraction of sp³-hybridized carbons (Fsp3) is 0.500. The van der Waals surface area contributed by atoms with E-state index in [0.717, 1.165) is 6.07 Å². The first kappa shape index (κ1) is 11.3. The molecule has 1 atom stereocenters. The molecule has 1 aliphatic carbocycles. The Hall–Kier alpha value is -1.16. The molecule has 0 heterocycles. The molecule has 1 aromatic rings. The maximum Gasteiger partial charge on any atom is 0.167 e. The fourth-order valence-electron chi connectivity index (χ4n) is 1.45. The number of hydrogen-bond donors (Lipinski definition) is 1. The molecule has 0 saturated heterocycles. The number of nitrogens with one attached hydrogen (secondary N) is 1. The Bertz CT molecular complexity index is 366. The second kappa shape index (κ2) is 4.78. The van der Waals surface area contributed by atoms with Crippen LogP contribution in [0.5, 0.6) is 5.75 Å². The van der Waals surface area contributed by atoms with Gasteiger partial charge >= 0.3 is 0 Å². The van der Waals surface area contributed by atoms with Crippen molar-refractivity contribution in [3.05, 3.63) is 29.8 Å². The van der Waals surface area contributed by atoms with Crippen LogP contribution >= 0.6 is 0 Å². The van der Waals surface area contributed by atoms with Crippen molar-refractivity contribution < 1.29 is 13.5 Å². The highest BCUT2D eigenvalue weighted by Gasteiger charge is 2.21. The summed E-state index contributed by atoms with van der Waals surface area (Å²) >= 11 is 0. The number of benzene rings is 1. The Morgan fingerprint density at radius 2 is 2.19 bits per heavy atom. The van der Waals surface area contributed by atoms with E-state index in [2.05, 4.69) is 5.32 Å². The topological polar surface area (TPSA) is 21.3 Å². The van der Waals surface area contributed by atoms with E-state index in [1.807, 2.05) is 6.92 Å². The van der Waals surface area contributed by atoms with Crippen molar-refractivity contribution in [2.75, 3.05) is 6.54 Å². The van der Waals surface area contributed by atoms with Crippen molar-refractivity contribution in [3.8, 4) is 5.75 Å². The van der Waals surface area contributed by atoms with E-state index in [9.17, 15) is 8.78 Å². The summed E-state index contributed by atoms with van der Waals surface area (Å²) in [6.45, 7) is 2.54. The molecule has 0 aliphatic heterocycles. The minimum Gasteiger partial charge on any atom is -0.486 e. The molecule has 88 valence electrons. The Morgan fingerprint density at radius 1 is 1.44 bits per heavy atom. The van der Waals surface area contributed by atoms with E-state index in [-0.39, 0.29) is 11.9 Å². The van der Waals surface area contributed by atoms with E-state index in [1.54, 1.807) is 0 Å². The third-order valence-corrected chi connectivity index (χ3v) is 2.49. The van der Waals surface area contributed by atoms with Gasteiger partial charge in [0.25, 0.3) is 0 Å². The van der Waals surface area contributed by atoms with Gasteiger partial charge in [-0.15, -0.1) is 0 Å². The molecule has 0 spiro atoms. The zero-order valence-electron chi connectivity index (χ0n) is 9.17. The summed E-state index contributed by atoms with van der Waals surface area (Å²) in [6, 6.07) is 3.94. The summed E-state index contributed by atoms with van der Waals surface area (Å²) in [6.07, 6.45) is 2.29. The first-order chi connectivity index (χ1) is 7.65. The average molecular weight is 227 g/mol. The molecule has 1 aromatic carbocycles. The summed E-state index contributed by atoms with van der Waals surface area (Å²) in [5.41, 5.74) is 0. The molecule has 1 fully saturated rings. The van der Waals surface area contributed by atoms with Gasteiger partial charge in [0.2, 0.25) is 0 Å². The normalized spacial score (nSPS) is 17.2. The second-order valence-electron chi connectivity index (χ2n) is 4.19. The van der Waals surface area contributed by atoms with Crippen molar-refractivity contribution in [1.82, 2.24) is 5.32 Å². The summed E-state index contributed by atoms with van der Waals surface area (Å²) in [5, 5.41) is 3.29. The number of ether oxygens (including phenoxy) is 1. The molecule has 0 bridgehead atoms. The standard InChI is InChI=1S/C12H15F2NO/c1-8(7-15-10-3-4-10)16-12-5-2-9(13)6-11(12)14/h2,5-6,8,10,15H,3-4,7H2,1H3. The predicted molar refractivity (Wildman–Crippen MR) is 57.5 cm³/mol. The Morgan fingerprint density at radius 3 is 2.81 bits per heavy atom. The molecule has 16 heavy (non-hydrogen) atoms. The highest BCUT2D eigenvalue weighted by molar-refractivity contribution is 5.24. The van der Waals surface area contributed by atoms with Crippen LogP contribution in [-0.4, -0.2) is 18.7 Å². The molecule has 1 unspecified atom stereocenters. The smallest absolute Gasteiger partial charge is 0.167 e. The van der Waals surface area contributed by atoms with Crippen molar-refractivity contribution in [3.63, 3.8) is 0 Å². The van der Waals surface area contributed by atoms with Crippen LogP contribution < -0.4 is 10.1 Å². The summed E-state index contributed by atoms with van der Waals surface area (Å²) < 4.78 is 31.2. The minimum atomic E-state index is -0.654. The van der Waals surface area contributed by atoms with E-state index in [0.29, 0.717) is 12.6 Å². The zero-order valence-corrected chi connectivity index (χ0v) is 9.17. The summed E-state index contributed by atoms with van der Waals surface area (Å²) in [7, 11) is 0. The third-order valence-electron chi connectivity index (χ3n) is 2.49. The van der Waals surface area contributed by atoms with Gasteiger partial charge < -0.3 is 10.1 Å². The molecule has 2 nitrogen and oxygen atoms in total. The van der Waals surface area contributed by atoms with Gasteiger partial charge in [-0.3, -0.25) is 0 Å². The Labute approximate surface area is 93.6 Å². The lowest BCUT2D eigenvalue weighted by Gasteiger charge is -2.15. The van der Waals surface area contributed by atoms with Crippen LogP contribution in [0.15, 0.2) is 18.2 Å². The lowest BCUT2D eigenvalue weighted by Crippen LogP contribution is -2.30. The van der Waals surface area contributed by atoms with Gasteiger partial charge in [0.05, 0.1) is 0 Å². The van der Waals surface area contributed by atoms with E-state index < -0.39 is 11.6 Å². The van der Waals surface area contributed by atoms with E-state index in [4.69, 9.17) is 4.74 Å². The van der Waals surface area contributed by atoms with Gasteiger partial charge in [0, 0.05) is 18.7 Å². The van der Waals surface area contributed by atoms with Crippen LogP contribution in [-0.2, 0) is 0 Å². The van der Waals surface area contributed by atoms with Crippen LogP contribution in [0.4, 0.5) is 8.78 Å². The molecule has 0 aromatic heterocycles. The van der Waals surface area contributed by atoms with Crippen molar-refractivity contribution >= 4 is 0 Å². The third kappa shape index (κ3) is 3.17. The average Bonchev–Trinajstić information content (AvgIpc) is 3.03. The molecule has 1 saturated carbocycles. The highest BCUT2D eigenvalue weighted by atomic mass is 19.1. The Kier molecular flexibility index (Phi) is 3.39. The first-order valence-electron chi connectivity index (χ1n) is 5.50. The van der Waals surface area contributed by atoms with Crippen LogP contribution in [0.1, 0.15) is 19.8 Å². The van der Waals surface area contributed by atoms with Gasteiger partial charge in [0.1, 0.15) is 11.9 Å². The van der Waals surface area contributed by atoms with Gasteiger partial charge in [0.15, 0.2) is 11.6 Å². The number of hydrogen-bond acceptors (Lipinski definition) is 2. The zero-order chi connectivity index (χ0) is 11.5. The quantitative estimate of drug-likeness (QED) is 0.834. The lowest BCUT2D eigenvalue weighted by molar-refractivity contribution is 0.207. The SMILES string of the molecule is CC(CNC1CC1)Oc1ccc(F)cc1F. The van der Waals surface area contributed by atoms with E-state index >= 15 is 0 Å². The fourth-order valence-corrected chi connectivity index (χ4v) is 1.45. The molecule has 0 radical (unpaired) electrons. The first-order valence-corrected chi connectivity index (χ1v) is 5.50. The number of rotatable bonds is 5. The largest absolute Gasteiger partial charge is 0.486 e. The monoisotopic (exact) mass is 227 g/mol. The summed E-state index contributed by atoms with van der Waals surface area (Å²) in [4.78, 5) is 0. The summed E-state index contributed by atoms with van der Waals surface area (Å²) in [5.74, 6) is -1.14. The Balaban J connectivity index is 1.86. The maximum atomic E-state index is 13.2. The van der Waals surface area contributed by atoms with Crippen LogP contribution in [0.3, 0.4) is 0 Å². The minimum absolute atomic E-state index is 0.103. The lowest BCUT2D eigenvalue weighted by atomic mass is 10.3.